The molecule has 0 radical (unpaired) electrons. The molecule has 0 spiro atoms. The molecule has 0 bridgehead atoms. The highest BCUT2D eigenvalue weighted by Gasteiger charge is 2.38. The average Bonchev–Trinajstić information content (AvgIpc) is 2.90. The molecule has 23 heavy (non-hydrogen) atoms. The summed E-state index contributed by atoms with van der Waals surface area (Å²) in [5, 5.41) is 20.3. The van der Waals surface area contributed by atoms with Crippen molar-refractivity contribution in [2.24, 2.45) is 0 Å². The van der Waals surface area contributed by atoms with Crippen LogP contribution in [0, 0.1) is 6.92 Å². The highest BCUT2D eigenvalue weighted by Crippen LogP contribution is 2.34. The number of likely N-dealkylation sites (tertiary alicyclic amines) is 1. The van der Waals surface area contributed by atoms with Gasteiger partial charge in [-0.25, -0.2) is 4.79 Å². The lowest BCUT2D eigenvalue weighted by atomic mass is 9.89. The molecule has 120 valence electrons. The third kappa shape index (κ3) is 3.14. The molecule has 3 rings (SSSR count). The van der Waals surface area contributed by atoms with E-state index in [0.717, 1.165) is 23.2 Å². The fourth-order valence-electron chi connectivity index (χ4n) is 3.43. The Bertz CT molecular complexity index is 728. The summed E-state index contributed by atoms with van der Waals surface area (Å²) in [5.74, 6) is -0.908. The van der Waals surface area contributed by atoms with Gasteiger partial charge in [-0.2, -0.15) is 0 Å². The van der Waals surface area contributed by atoms with Crippen LogP contribution < -0.4 is 0 Å². The van der Waals surface area contributed by atoms with Crippen LogP contribution in [-0.4, -0.2) is 34.2 Å². The zero-order valence-electron chi connectivity index (χ0n) is 13.2. The lowest BCUT2D eigenvalue weighted by Crippen LogP contribution is -2.31. The van der Waals surface area contributed by atoms with Crippen LogP contribution in [0.25, 0.3) is 0 Å². The maximum absolute atomic E-state index is 11.3. The lowest BCUT2D eigenvalue weighted by molar-refractivity contribution is 0.0446. The van der Waals surface area contributed by atoms with Gasteiger partial charge in [0.05, 0.1) is 5.56 Å². The summed E-state index contributed by atoms with van der Waals surface area (Å²) in [6.45, 7) is 3.82. The molecular formula is C19H21NO3. The summed E-state index contributed by atoms with van der Waals surface area (Å²) in [6, 6.07) is 15.0. The first-order chi connectivity index (χ1) is 11.0. The smallest absolute Gasteiger partial charge is 0.336 e. The zero-order chi connectivity index (χ0) is 16.4. The first kappa shape index (κ1) is 15.7. The largest absolute Gasteiger partial charge is 0.478 e. The monoisotopic (exact) mass is 311 g/mol. The van der Waals surface area contributed by atoms with E-state index in [4.69, 9.17) is 0 Å². The molecule has 1 unspecified atom stereocenters. The number of aryl methyl sites for hydroxylation is 1. The second-order valence-electron chi connectivity index (χ2n) is 6.27. The Morgan fingerprint density at radius 2 is 1.87 bits per heavy atom. The van der Waals surface area contributed by atoms with Gasteiger partial charge in [0.15, 0.2) is 0 Å². The molecule has 4 heteroatoms. The van der Waals surface area contributed by atoms with Gasteiger partial charge in [0.2, 0.25) is 0 Å². The third-order valence-corrected chi connectivity index (χ3v) is 4.61. The van der Waals surface area contributed by atoms with Gasteiger partial charge < -0.3 is 10.2 Å². The van der Waals surface area contributed by atoms with E-state index in [1.165, 1.54) is 0 Å². The molecule has 1 aliphatic heterocycles. The number of aromatic carboxylic acids is 1. The van der Waals surface area contributed by atoms with Crippen LogP contribution in [0.5, 0.6) is 0 Å². The summed E-state index contributed by atoms with van der Waals surface area (Å²) < 4.78 is 0. The highest BCUT2D eigenvalue weighted by molar-refractivity contribution is 5.89. The van der Waals surface area contributed by atoms with Crippen molar-refractivity contribution < 1.29 is 15.0 Å². The quantitative estimate of drug-likeness (QED) is 0.911. The van der Waals surface area contributed by atoms with E-state index in [9.17, 15) is 15.0 Å². The number of hydrogen-bond acceptors (Lipinski definition) is 3. The normalized spacial score (nSPS) is 21.5. The number of carbonyl (C=O) groups is 1. The summed E-state index contributed by atoms with van der Waals surface area (Å²) in [5.41, 5.74) is 2.31. The highest BCUT2D eigenvalue weighted by atomic mass is 16.4. The fraction of sp³-hybridized carbons (Fsp3) is 0.316. The van der Waals surface area contributed by atoms with Gasteiger partial charge in [0.25, 0.3) is 0 Å². The van der Waals surface area contributed by atoms with E-state index in [0.29, 0.717) is 25.1 Å². The van der Waals surface area contributed by atoms with Gasteiger partial charge in [-0.15, -0.1) is 0 Å². The Balaban J connectivity index is 1.79. The molecule has 2 aromatic rings. The van der Waals surface area contributed by atoms with Crippen LogP contribution in [0.15, 0.2) is 48.5 Å². The van der Waals surface area contributed by atoms with E-state index in [-0.39, 0.29) is 0 Å². The van der Waals surface area contributed by atoms with Gasteiger partial charge >= 0.3 is 5.97 Å². The molecule has 2 N–H and O–H groups in total. The molecule has 1 aliphatic rings. The van der Waals surface area contributed by atoms with E-state index in [2.05, 4.69) is 4.90 Å². The minimum atomic E-state index is -0.908. The van der Waals surface area contributed by atoms with Crippen molar-refractivity contribution in [2.45, 2.75) is 25.5 Å². The van der Waals surface area contributed by atoms with Gasteiger partial charge in [-0.1, -0.05) is 42.5 Å². The molecular weight excluding hydrogens is 290 g/mol. The van der Waals surface area contributed by atoms with Gasteiger partial charge in [-0.05, 0) is 36.1 Å². The number of β-amino-alcohol motifs (C(OH)–C–C–N with tert-alkyl or cyclic N) is 1. The minimum Gasteiger partial charge on any atom is -0.478 e. The van der Waals surface area contributed by atoms with Crippen molar-refractivity contribution in [3.63, 3.8) is 0 Å². The minimum absolute atomic E-state index is 0.332. The Morgan fingerprint density at radius 1 is 1.17 bits per heavy atom. The summed E-state index contributed by atoms with van der Waals surface area (Å²) >= 11 is 0. The Labute approximate surface area is 136 Å². The first-order valence-corrected chi connectivity index (χ1v) is 7.82. The molecule has 1 heterocycles. The van der Waals surface area contributed by atoms with Crippen LogP contribution in [0.4, 0.5) is 0 Å². The zero-order valence-corrected chi connectivity index (χ0v) is 13.2. The number of benzene rings is 2. The van der Waals surface area contributed by atoms with E-state index >= 15 is 0 Å². The van der Waals surface area contributed by atoms with Crippen LogP contribution in [0.3, 0.4) is 0 Å². The summed E-state index contributed by atoms with van der Waals surface area (Å²) in [4.78, 5) is 13.4. The Morgan fingerprint density at radius 3 is 2.61 bits per heavy atom. The number of rotatable bonds is 4. The van der Waals surface area contributed by atoms with Crippen molar-refractivity contribution in [3.05, 3.63) is 70.8 Å². The molecule has 2 aromatic carbocycles. The Kier molecular flexibility index (Phi) is 4.20. The number of hydrogen-bond donors (Lipinski definition) is 2. The van der Waals surface area contributed by atoms with E-state index in [1.54, 1.807) is 12.1 Å². The number of carboxylic acid groups (broad SMARTS) is 1. The van der Waals surface area contributed by atoms with Crippen molar-refractivity contribution in [1.29, 1.82) is 0 Å². The van der Waals surface area contributed by atoms with E-state index < -0.39 is 11.6 Å². The predicted molar refractivity (Wildman–Crippen MR) is 88.4 cm³/mol. The average molecular weight is 311 g/mol. The van der Waals surface area contributed by atoms with Crippen molar-refractivity contribution in [1.82, 2.24) is 4.90 Å². The first-order valence-electron chi connectivity index (χ1n) is 7.82. The summed E-state index contributed by atoms with van der Waals surface area (Å²) in [7, 11) is 0. The lowest BCUT2D eigenvalue weighted by Gasteiger charge is -2.26. The standard InChI is InChI=1S/C19H21NO3/c1-14-6-2-5-9-17(14)19(23)10-11-20(13-19)12-15-7-3-4-8-16(15)18(21)22/h2-9,23H,10-13H2,1H3,(H,21,22). The SMILES string of the molecule is Cc1ccccc1C1(O)CCN(Cc2ccccc2C(=O)O)C1. The second kappa shape index (κ2) is 6.14. The molecule has 1 atom stereocenters. The van der Waals surface area contributed by atoms with Crippen LogP contribution >= 0.6 is 0 Å². The van der Waals surface area contributed by atoms with Crippen LogP contribution in [0.2, 0.25) is 0 Å². The molecule has 1 saturated heterocycles. The molecule has 0 amide bonds. The Hall–Kier alpha value is -2.17. The van der Waals surface area contributed by atoms with E-state index in [1.807, 2.05) is 43.3 Å². The molecule has 0 saturated carbocycles. The topological polar surface area (TPSA) is 60.8 Å². The van der Waals surface area contributed by atoms with Crippen molar-refractivity contribution >= 4 is 5.97 Å². The third-order valence-electron chi connectivity index (χ3n) is 4.61. The maximum Gasteiger partial charge on any atom is 0.336 e. The number of carboxylic acids is 1. The predicted octanol–water partition coefficient (Wildman–Crippen LogP) is 2.79. The number of aliphatic hydroxyl groups is 1. The van der Waals surface area contributed by atoms with Gasteiger partial charge in [0, 0.05) is 19.6 Å². The molecule has 0 aliphatic carbocycles. The number of nitrogens with zero attached hydrogens (tertiary/aromatic N) is 1. The fourth-order valence-corrected chi connectivity index (χ4v) is 3.43. The van der Waals surface area contributed by atoms with Gasteiger partial charge in [0.1, 0.15) is 5.60 Å². The van der Waals surface area contributed by atoms with Crippen LogP contribution in [-0.2, 0) is 12.1 Å². The molecule has 4 nitrogen and oxygen atoms in total. The van der Waals surface area contributed by atoms with Crippen molar-refractivity contribution in [3.8, 4) is 0 Å². The molecule has 1 fully saturated rings. The summed E-state index contributed by atoms with van der Waals surface area (Å²) in [6.07, 6.45) is 0.660. The van der Waals surface area contributed by atoms with Gasteiger partial charge in [-0.3, -0.25) is 4.90 Å². The van der Waals surface area contributed by atoms with Crippen LogP contribution in [0.1, 0.15) is 33.5 Å². The molecule has 0 aromatic heterocycles. The van der Waals surface area contributed by atoms with Crippen molar-refractivity contribution in [2.75, 3.05) is 13.1 Å². The maximum atomic E-state index is 11.3. The second-order valence-corrected chi connectivity index (χ2v) is 6.27.